The summed E-state index contributed by atoms with van der Waals surface area (Å²) in [4.78, 5) is 159. The Hall–Kier alpha value is -8.79. The fourth-order valence-electron chi connectivity index (χ4n) is 15.6. The van der Waals surface area contributed by atoms with E-state index >= 15 is 0 Å². The monoisotopic (exact) mass is 1540 g/mol. The maximum absolute atomic E-state index is 14.8. The number of amides is 7. The van der Waals surface area contributed by atoms with Crippen molar-refractivity contribution in [2.24, 2.45) is 47.2 Å². The fourth-order valence-corrected chi connectivity index (χ4v) is 15.6. The van der Waals surface area contributed by atoms with E-state index in [1.165, 1.54) is 0 Å². The van der Waals surface area contributed by atoms with Crippen molar-refractivity contribution in [3.63, 3.8) is 0 Å². The topological polar surface area (TPSA) is 300 Å². The number of ketones is 5. The lowest BCUT2D eigenvalue weighted by molar-refractivity contribution is -0.149. The molecule has 1 saturated carbocycles. The first-order valence-corrected chi connectivity index (χ1v) is 40.4. The lowest BCUT2D eigenvalue weighted by atomic mass is 9.82. The SMILES string of the molecule is CO[C@H]([C@@H](C)C(=O)C[C@@H](Cc1ccccc1)C(=O)Nc1ccc(CC(=O)C(CCCNC(N)=O)NC(=O)[C@@H](CC(=O)CCOCCOCCCC(=O)CCCC(=O)N2Cc3ccccc3C#Cc3ccccc32)C(C)C)cc1)[C@@H]1CCCN1C(=O)C[C@@H](OC)[C@H](C1CCCC1)N(C)C(=O)[C@@H](CC(=O)C(C)(C)N(C)C)C(C)C. The molecule has 112 heavy (non-hydrogen) atoms. The minimum Gasteiger partial charge on any atom is -0.379 e. The Bertz CT molecular complexity index is 3860. The van der Waals surface area contributed by atoms with Crippen LogP contribution in [0.25, 0.3) is 0 Å². The standard InChI is InChI=1S/C89H124N8O15/c1-59(2)72(55-71(99)45-49-112-51-50-111-48-25-34-70(98)33-22-38-81(103)97-58-67-32-19-16-28-64(67)41-42-65-29-20-21-36-75(65)97)86(106)93-74(35-23-46-91-88(90)108)78(101)53-63-39-43-69(44-40-63)92-85(105)68(52-62-26-14-13-15-27-62)54-77(100)61(5)84(110-12)76-37-24-47-96(76)82(104)57-79(109-11)83(66-30-17-18-31-66)95(10)87(107)73(60(3)4)56-80(102)89(6,7)94(8)9/h13-16,19-21,26-29,32,36,39-40,43-44,59-61,66,68,72-74,76,79,83-84H,17-18,22-25,30-31,33-35,37-38,45-58H2,1-12H3,(H,92,105)(H,93,106)(H3,90,91,108)/t61-,68+,72-,73-,74?,76-,79+,83-,84+/m0/s1. The highest BCUT2D eigenvalue weighted by molar-refractivity contribution is 5.98. The number of nitrogens with zero attached hydrogens (tertiary/aromatic N) is 4. The third-order valence-electron chi connectivity index (χ3n) is 23.0. The number of anilines is 2. The number of likely N-dealkylation sites (N-methyl/N-ethyl adjacent to an activating group) is 2. The minimum absolute atomic E-state index is 0.00523. The molecular weight excluding hydrogens is 1420 g/mol. The Balaban J connectivity index is 0.879. The van der Waals surface area contributed by atoms with Crippen LogP contribution in [0.1, 0.15) is 192 Å². The van der Waals surface area contributed by atoms with Crippen LogP contribution in [0.2, 0.25) is 0 Å². The Kier molecular flexibility index (Phi) is 36.5. The van der Waals surface area contributed by atoms with E-state index in [-0.39, 0.29) is 155 Å². The first-order valence-electron chi connectivity index (χ1n) is 40.4. The van der Waals surface area contributed by atoms with Crippen LogP contribution in [0.5, 0.6) is 0 Å². The predicted molar refractivity (Wildman–Crippen MR) is 432 cm³/mol. The molecule has 7 amide bonds. The highest BCUT2D eigenvalue weighted by Crippen LogP contribution is 2.37. The number of benzene rings is 4. The number of nitrogens with one attached hydrogen (secondary N) is 3. The molecule has 4 aromatic carbocycles. The Labute approximate surface area is 664 Å². The lowest BCUT2D eigenvalue weighted by Gasteiger charge is -2.41. The summed E-state index contributed by atoms with van der Waals surface area (Å²) in [5.41, 5.74) is 9.82. The van der Waals surface area contributed by atoms with Crippen molar-refractivity contribution in [2.45, 2.75) is 219 Å². The van der Waals surface area contributed by atoms with Crippen molar-refractivity contribution >= 4 is 75.9 Å². The van der Waals surface area contributed by atoms with Gasteiger partial charge in [-0.2, -0.15) is 0 Å². The van der Waals surface area contributed by atoms with Crippen molar-refractivity contribution in [1.29, 1.82) is 0 Å². The van der Waals surface area contributed by atoms with E-state index in [4.69, 9.17) is 24.7 Å². The third kappa shape index (κ3) is 26.9. The number of urea groups is 1. The second-order valence-corrected chi connectivity index (χ2v) is 32.0. The number of rotatable bonds is 48. The number of carbonyl (C=O) groups is 11. The van der Waals surface area contributed by atoms with E-state index < -0.39 is 77.4 Å². The molecule has 1 aliphatic carbocycles. The zero-order chi connectivity index (χ0) is 81.6. The first kappa shape index (κ1) is 90.4. The number of methoxy groups -OCH3 is 2. The number of carbonyl (C=O) groups excluding carboxylic acids is 11. The molecule has 1 unspecified atom stereocenters. The average Bonchev–Trinajstić information content (AvgIpc) is 1.43. The minimum atomic E-state index is -0.986. The maximum atomic E-state index is 14.8. The molecule has 1 saturated heterocycles. The van der Waals surface area contributed by atoms with Crippen LogP contribution in [-0.4, -0.2) is 190 Å². The van der Waals surface area contributed by atoms with Gasteiger partial charge in [-0.1, -0.05) is 132 Å². The zero-order valence-electron chi connectivity index (χ0n) is 68.3. The van der Waals surface area contributed by atoms with Crippen molar-refractivity contribution in [2.75, 3.05) is 85.1 Å². The summed E-state index contributed by atoms with van der Waals surface area (Å²) in [6.07, 6.45) is 5.95. The summed E-state index contributed by atoms with van der Waals surface area (Å²) in [6.45, 7) is 15.0. The van der Waals surface area contributed by atoms with Crippen LogP contribution >= 0.6 is 0 Å². The van der Waals surface area contributed by atoms with Crippen LogP contribution in [0, 0.1) is 53.3 Å². The molecule has 23 nitrogen and oxygen atoms in total. The fraction of sp³-hybridized carbons (Fsp3) is 0.584. The van der Waals surface area contributed by atoms with Crippen molar-refractivity contribution < 1.29 is 71.7 Å². The van der Waals surface area contributed by atoms with E-state index in [9.17, 15) is 52.7 Å². The van der Waals surface area contributed by atoms with Crippen LogP contribution in [-0.2, 0) is 86.3 Å². The molecule has 5 N–H and O–H groups in total. The number of fused-ring (bicyclic) bond motifs is 2. The quantitative estimate of drug-likeness (QED) is 0.0236. The molecule has 2 aliphatic heterocycles. The summed E-state index contributed by atoms with van der Waals surface area (Å²) in [5.74, 6) is 1.32. The molecule has 0 spiro atoms. The number of hydrogen-bond acceptors (Lipinski definition) is 16. The summed E-state index contributed by atoms with van der Waals surface area (Å²) < 4.78 is 23.8. The number of Topliss-reactive ketones (excluding diaryl/α,β-unsaturated/α-hetero) is 5. The summed E-state index contributed by atoms with van der Waals surface area (Å²) in [5, 5.41) is 8.46. The van der Waals surface area contributed by atoms with Crippen molar-refractivity contribution in [3.8, 4) is 11.8 Å². The van der Waals surface area contributed by atoms with Crippen LogP contribution in [0.3, 0.4) is 0 Å². The van der Waals surface area contributed by atoms with Gasteiger partial charge >= 0.3 is 6.03 Å². The lowest BCUT2D eigenvalue weighted by Crippen LogP contribution is -2.54. The third-order valence-corrected chi connectivity index (χ3v) is 23.0. The molecule has 23 heteroatoms. The molecule has 9 atom stereocenters. The van der Waals surface area contributed by atoms with E-state index in [1.807, 2.05) is 139 Å². The molecule has 2 fully saturated rings. The molecule has 610 valence electrons. The van der Waals surface area contributed by atoms with Gasteiger partial charge in [-0.15, -0.1) is 0 Å². The van der Waals surface area contributed by atoms with Gasteiger partial charge < -0.3 is 55.3 Å². The Morgan fingerprint density at radius 2 is 1.26 bits per heavy atom. The van der Waals surface area contributed by atoms with Gasteiger partial charge in [0.05, 0.1) is 74.3 Å². The van der Waals surface area contributed by atoms with Crippen molar-refractivity contribution in [1.82, 2.24) is 25.3 Å². The van der Waals surface area contributed by atoms with Gasteiger partial charge in [0.25, 0.3) is 0 Å². The predicted octanol–water partition coefficient (Wildman–Crippen LogP) is 11.2. The van der Waals surface area contributed by atoms with E-state index in [0.29, 0.717) is 69.5 Å². The molecule has 0 aromatic heterocycles. The Morgan fingerprint density at radius 3 is 1.92 bits per heavy atom. The summed E-state index contributed by atoms with van der Waals surface area (Å²) in [6, 6.07) is 29.0. The van der Waals surface area contributed by atoms with Gasteiger partial charge in [-0.05, 0) is 151 Å². The van der Waals surface area contributed by atoms with Gasteiger partial charge in [-0.25, -0.2) is 4.79 Å². The normalized spacial score (nSPS) is 16.4. The second kappa shape index (κ2) is 45.2. The van der Waals surface area contributed by atoms with Crippen LogP contribution < -0.4 is 26.6 Å². The van der Waals surface area contributed by atoms with Crippen molar-refractivity contribution in [3.05, 3.63) is 131 Å². The van der Waals surface area contributed by atoms with E-state index in [2.05, 4.69) is 27.8 Å². The van der Waals surface area contributed by atoms with Gasteiger partial charge in [0.15, 0.2) is 11.6 Å². The number of hydrogen-bond donors (Lipinski definition) is 4. The summed E-state index contributed by atoms with van der Waals surface area (Å²) in [7, 11) is 8.63. The van der Waals surface area contributed by atoms with E-state index in [0.717, 1.165) is 53.6 Å². The molecule has 0 radical (unpaired) electrons. The number of primary amides is 1. The van der Waals surface area contributed by atoms with Gasteiger partial charge in [0, 0.05) is 133 Å². The van der Waals surface area contributed by atoms with Gasteiger partial charge in [0.1, 0.15) is 17.3 Å². The maximum Gasteiger partial charge on any atom is 0.312 e. The number of nitrogens with two attached hydrogens (primary N) is 1. The van der Waals surface area contributed by atoms with Gasteiger partial charge in [0.2, 0.25) is 29.5 Å². The largest absolute Gasteiger partial charge is 0.379 e. The van der Waals surface area contributed by atoms with Crippen LogP contribution in [0.4, 0.5) is 16.2 Å². The van der Waals surface area contributed by atoms with Gasteiger partial charge in [-0.3, -0.25) is 52.8 Å². The first-order chi connectivity index (χ1) is 53.5. The number of para-hydroxylation sites is 1. The number of ether oxygens (including phenoxy) is 4. The number of likely N-dealkylation sites (tertiary alicyclic amines) is 1. The molecular formula is C89H124N8O15. The molecule has 7 rings (SSSR count). The molecule has 2 heterocycles. The highest BCUT2D eigenvalue weighted by Gasteiger charge is 2.46. The second-order valence-electron chi connectivity index (χ2n) is 32.0. The van der Waals surface area contributed by atoms with Crippen LogP contribution in [0.15, 0.2) is 103 Å². The molecule has 0 bridgehead atoms. The average molecular weight is 1550 g/mol. The zero-order valence-corrected chi connectivity index (χ0v) is 68.3. The highest BCUT2D eigenvalue weighted by atomic mass is 16.5. The van der Waals surface area contributed by atoms with E-state index in [1.54, 1.807) is 67.2 Å². The smallest absolute Gasteiger partial charge is 0.312 e. The molecule has 4 aromatic rings. The summed E-state index contributed by atoms with van der Waals surface area (Å²) >= 11 is 0. The molecule has 3 aliphatic rings. The Morgan fingerprint density at radius 1 is 0.616 bits per heavy atom.